The van der Waals surface area contributed by atoms with Gasteiger partial charge in [-0.25, -0.2) is 8.37 Å². The summed E-state index contributed by atoms with van der Waals surface area (Å²) in [6.45, 7) is 6.95. The highest BCUT2D eigenvalue weighted by molar-refractivity contribution is 7.81. The van der Waals surface area contributed by atoms with E-state index < -0.39 is 16.0 Å². The van der Waals surface area contributed by atoms with Crippen LogP contribution in [0.5, 0.6) is 0 Å². The first-order valence-electron chi connectivity index (χ1n) is 3.87. The minimum absolute atomic E-state index is 0.165. The number of hydrogen-bond acceptors (Lipinski definition) is 4. The van der Waals surface area contributed by atoms with E-state index in [-0.39, 0.29) is 6.61 Å². The molecular formula is C7H16O4S. The fourth-order valence-corrected chi connectivity index (χ4v) is 1.55. The predicted octanol–water partition coefficient (Wildman–Crippen LogP) is 1.47. The van der Waals surface area contributed by atoms with Gasteiger partial charge in [0.05, 0.1) is 12.2 Å². The van der Waals surface area contributed by atoms with E-state index in [1.807, 2.05) is 6.92 Å². The summed E-state index contributed by atoms with van der Waals surface area (Å²) in [7, 11) is -3.80. The molecule has 0 atom stereocenters. The Bertz CT molecular complexity index is 212. The van der Waals surface area contributed by atoms with Gasteiger partial charge in [-0.2, -0.15) is 8.42 Å². The molecule has 0 N–H and O–H groups in total. The first-order valence-corrected chi connectivity index (χ1v) is 5.20. The molecule has 0 aromatic rings. The molecule has 0 aromatic carbocycles. The van der Waals surface area contributed by atoms with Gasteiger partial charge in [0.2, 0.25) is 0 Å². The minimum atomic E-state index is -3.80. The van der Waals surface area contributed by atoms with Gasteiger partial charge in [-0.3, -0.25) is 0 Å². The summed E-state index contributed by atoms with van der Waals surface area (Å²) in [5.41, 5.74) is -0.730. The van der Waals surface area contributed by atoms with Crippen LogP contribution in [0, 0.1) is 0 Å². The van der Waals surface area contributed by atoms with Gasteiger partial charge in [0.15, 0.2) is 0 Å². The molecule has 5 heteroatoms. The highest BCUT2D eigenvalue weighted by Crippen LogP contribution is 2.12. The summed E-state index contributed by atoms with van der Waals surface area (Å²) in [6.07, 6.45) is 0.646. The van der Waals surface area contributed by atoms with Crippen LogP contribution >= 0.6 is 0 Å². The zero-order valence-corrected chi connectivity index (χ0v) is 8.77. The lowest BCUT2D eigenvalue weighted by Gasteiger charge is -2.17. The largest absolute Gasteiger partial charge is 0.400 e. The monoisotopic (exact) mass is 196 g/mol. The Labute approximate surface area is 74.2 Å². The van der Waals surface area contributed by atoms with Crippen molar-refractivity contribution in [2.24, 2.45) is 0 Å². The third kappa shape index (κ3) is 6.57. The second kappa shape index (κ2) is 4.20. The molecule has 0 aromatic heterocycles. The van der Waals surface area contributed by atoms with Crippen molar-refractivity contribution in [2.75, 3.05) is 6.61 Å². The maximum Gasteiger partial charge on any atom is 0.400 e. The first-order chi connectivity index (χ1) is 5.27. The van der Waals surface area contributed by atoms with Gasteiger partial charge in [-0.1, -0.05) is 6.92 Å². The Balaban J connectivity index is 4.06. The van der Waals surface area contributed by atoms with Crippen molar-refractivity contribution in [3.8, 4) is 0 Å². The van der Waals surface area contributed by atoms with Gasteiger partial charge in [0.1, 0.15) is 0 Å². The molecule has 0 unspecified atom stereocenters. The maximum atomic E-state index is 11.0. The van der Waals surface area contributed by atoms with E-state index in [0.29, 0.717) is 6.42 Å². The van der Waals surface area contributed by atoms with Crippen LogP contribution in [-0.4, -0.2) is 20.6 Å². The Morgan fingerprint density at radius 1 is 1.25 bits per heavy atom. The van der Waals surface area contributed by atoms with Gasteiger partial charge < -0.3 is 0 Å². The summed E-state index contributed by atoms with van der Waals surface area (Å²) in [5, 5.41) is 0. The van der Waals surface area contributed by atoms with E-state index in [1.54, 1.807) is 20.8 Å². The van der Waals surface area contributed by atoms with Gasteiger partial charge >= 0.3 is 10.4 Å². The van der Waals surface area contributed by atoms with Crippen molar-refractivity contribution < 1.29 is 16.8 Å². The third-order valence-corrected chi connectivity index (χ3v) is 1.94. The number of hydrogen-bond donors (Lipinski definition) is 0. The molecule has 0 saturated carbocycles. The SMILES string of the molecule is CCCOS(=O)(=O)OC(C)(C)C. The molecule has 4 nitrogen and oxygen atoms in total. The third-order valence-electron chi connectivity index (χ3n) is 0.784. The molecule has 0 fully saturated rings. The fourth-order valence-electron chi connectivity index (χ4n) is 0.516. The van der Waals surface area contributed by atoms with Gasteiger partial charge in [0, 0.05) is 0 Å². The van der Waals surface area contributed by atoms with Crippen molar-refractivity contribution in [2.45, 2.75) is 39.7 Å². The normalized spacial score (nSPS) is 13.3. The Morgan fingerprint density at radius 2 is 1.75 bits per heavy atom. The van der Waals surface area contributed by atoms with Crippen LogP contribution in [0.3, 0.4) is 0 Å². The van der Waals surface area contributed by atoms with Crippen LogP contribution in [-0.2, 0) is 18.8 Å². The molecule has 0 amide bonds. The quantitative estimate of drug-likeness (QED) is 0.683. The Hall–Kier alpha value is -0.130. The molecule has 0 aliphatic carbocycles. The summed E-state index contributed by atoms with van der Waals surface area (Å²) in [5.74, 6) is 0. The molecule has 12 heavy (non-hydrogen) atoms. The summed E-state index contributed by atoms with van der Waals surface area (Å²) in [4.78, 5) is 0. The highest BCUT2D eigenvalue weighted by atomic mass is 32.3. The molecular weight excluding hydrogens is 180 g/mol. The van der Waals surface area contributed by atoms with Gasteiger partial charge in [0.25, 0.3) is 0 Å². The predicted molar refractivity (Wildman–Crippen MR) is 46.0 cm³/mol. The molecule has 0 rings (SSSR count). The van der Waals surface area contributed by atoms with Crippen molar-refractivity contribution in [3.05, 3.63) is 0 Å². The molecule has 0 radical (unpaired) electrons. The van der Waals surface area contributed by atoms with Gasteiger partial charge in [-0.05, 0) is 27.2 Å². The van der Waals surface area contributed by atoms with E-state index >= 15 is 0 Å². The molecule has 0 aliphatic heterocycles. The molecule has 0 heterocycles. The smallest absolute Gasteiger partial charge is 0.248 e. The molecule has 74 valence electrons. The highest BCUT2D eigenvalue weighted by Gasteiger charge is 2.22. The van der Waals surface area contributed by atoms with Crippen LogP contribution in [0.25, 0.3) is 0 Å². The Kier molecular flexibility index (Phi) is 4.16. The lowest BCUT2D eigenvalue weighted by atomic mass is 10.2. The number of rotatable bonds is 4. The Morgan fingerprint density at radius 3 is 2.08 bits per heavy atom. The van der Waals surface area contributed by atoms with Crippen molar-refractivity contribution >= 4 is 10.4 Å². The van der Waals surface area contributed by atoms with Crippen LogP contribution in [0.4, 0.5) is 0 Å². The van der Waals surface area contributed by atoms with Crippen molar-refractivity contribution in [1.82, 2.24) is 0 Å². The summed E-state index contributed by atoms with van der Waals surface area (Å²) >= 11 is 0. The van der Waals surface area contributed by atoms with E-state index in [4.69, 9.17) is 0 Å². The summed E-state index contributed by atoms with van der Waals surface area (Å²) in [6, 6.07) is 0. The van der Waals surface area contributed by atoms with Crippen LogP contribution in [0.1, 0.15) is 34.1 Å². The zero-order chi connectivity index (χ0) is 9.83. The average Bonchev–Trinajstić information content (AvgIpc) is 1.78. The average molecular weight is 196 g/mol. The minimum Gasteiger partial charge on any atom is -0.248 e. The molecule has 0 aliphatic rings. The topological polar surface area (TPSA) is 52.6 Å². The molecule has 0 saturated heterocycles. The van der Waals surface area contributed by atoms with Gasteiger partial charge in [-0.15, -0.1) is 0 Å². The second-order valence-electron chi connectivity index (χ2n) is 3.43. The van der Waals surface area contributed by atoms with E-state index in [1.165, 1.54) is 0 Å². The standard InChI is InChI=1S/C7H16O4S/c1-5-6-10-12(8,9)11-7(2,3)4/h5-6H2,1-4H3. The van der Waals surface area contributed by atoms with Crippen molar-refractivity contribution in [1.29, 1.82) is 0 Å². The molecule has 0 bridgehead atoms. The lowest BCUT2D eigenvalue weighted by Crippen LogP contribution is -2.25. The lowest BCUT2D eigenvalue weighted by molar-refractivity contribution is 0.103. The summed E-state index contributed by atoms with van der Waals surface area (Å²) < 4.78 is 31.1. The van der Waals surface area contributed by atoms with Crippen molar-refractivity contribution in [3.63, 3.8) is 0 Å². The van der Waals surface area contributed by atoms with Crippen LogP contribution in [0.15, 0.2) is 0 Å². The fraction of sp³-hybridized carbons (Fsp3) is 1.00. The maximum absolute atomic E-state index is 11.0. The first kappa shape index (κ1) is 11.9. The van der Waals surface area contributed by atoms with E-state index in [0.717, 1.165) is 0 Å². The van der Waals surface area contributed by atoms with Crippen LogP contribution in [0.2, 0.25) is 0 Å². The van der Waals surface area contributed by atoms with E-state index in [9.17, 15) is 8.42 Å². The second-order valence-corrected chi connectivity index (χ2v) is 4.64. The molecule has 0 spiro atoms. The van der Waals surface area contributed by atoms with Crippen LogP contribution < -0.4 is 0 Å². The van der Waals surface area contributed by atoms with E-state index in [2.05, 4.69) is 8.37 Å². The zero-order valence-electron chi connectivity index (χ0n) is 7.96.